The molecule has 0 aliphatic rings. The minimum absolute atomic E-state index is 0.124. The number of rotatable bonds is 24. The Labute approximate surface area is 219 Å². The SMILES string of the molecule is CCCCCNC(=O)CN(CCN(CCN(CC(=O)O)CC(=O)NCCCCC)CC(=O)O)CC(=O)O. The van der Waals surface area contributed by atoms with Crippen LogP contribution in [0.15, 0.2) is 0 Å². The molecule has 0 saturated heterocycles. The molecule has 0 fully saturated rings. The van der Waals surface area contributed by atoms with Crippen LogP contribution in [-0.4, -0.2) is 132 Å². The van der Waals surface area contributed by atoms with Crippen molar-refractivity contribution in [1.82, 2.24) is 25.3 Å². The minimum Gasteiger partial charge on any atom is -0.480 e. The molecule has 0 unspecified atom stereocenters. The minimum atomic E-state index is -1.11. The van der Waals surface area contributed by atoms with Gasteiger partial charge in [-0.2, -0.15) is 0 Å². The average molecular weight is 532 g/mol. The van der Waals surface area contributed by atoms with Crippen LogP contribution in [0.3, 0.4) is 0 Å². The highest BCUT2D eigenvalue weighted by Gasteiger charge is 2.19. The molecule has 0 aromatic heterocycles. The van der Waals surface area contributed by atoms with Crippen LogP contribution in [-0.2, 0) is 24.0 Å². The summed E-state index contributed by atoms with van der Waals surface area (Å²) in [4.78, 5) is 62.7. The monoisotopic (exact) mass is 531 g/mol. The summed E-state index contributed by atoms with van der Waals surface area (Å²) >= 11 is 0. The second-order valence-electron chi connectivity index (χ2n) is 8.99. The quantitative estimate of drug-likeness (QED) is 0.104. The molecule has 2 amide bonds. The molecule has 13 nitrogen and oxygen atoms in total. The van der Waals surface area contributed by atoms with Crippen molar-refractivity contribution >= 4 is 29.7 Å². The van der Waals surface area contributed by atoms with E-state index in [1.165, 1.54) is 14.7 Å². The lowest BCUT2D eigenvalue weighted by Crippen LogP contribution is -2.47. The normalized spacial score (nSPS) is 11.2. The highest BCUT2D eigenvalue weighted by Crippen LogP contribution is 1.98. The number of nitrogens with one attached hydrogen (secondary N) is 2. The molecule has 0 aromatic carbocycles. The molecule has 0 spiro atoms. The molecule has 13 heteroatoms. The summed E-state index contributed by atoms with van der Waals surface area (Å²) in [5.74, 6) is -3.93. The zero-order valence-electron chi connectivity index (χ0n) is 22.2. The van der Waals surface area contributed by atoms with Gasteiger partial charge >= 0.3 is 17.9 Å². The van der Waals surface area contributed by atoms with Gasteiger partial charge < -0.3 is 26.0 Å². The highest BCUT2D eigenvalue weighted by molar-refractivity contribution is 5.79. The number of nitrogens with zero attached hydrogens (tertiary/aromatic N) is 3. The van der Waals surface area contributed by atoms with Crippen LogP contribution in [0.25, 0.3) is 0 Å². The number of carboxylic acids is 3. The van der Waals surface area contributed by atoms with Crippen molar-refractivity contribution < 1.29 is 39.3 Å². The van der Waals surface area contributed by atoms with Crippen molar-refractivity contribution in [1.29, 1.82) is 0 Å². The van der Waals surface area contributed by atoms with Gasteiger partial charge in [0.25, 0.3) is 0 Å². The second kappa shape index (κ2) is 21.3. The number of aliphatic carboxylic acids is 3. The van der Waals surface area contributed by atoms with E-state index in [0.29, 0.717) is 13.1 Å². The molecule has 0 heterocycles. The van der Waals surface area contributed by atoms with E-state index in [2.05, 4.69) is 10.6 Å². The number of carbonyl (C=O) groups is 5. The van der Waals surface area contributed by atoms with Crippen LogP contribution in [0.5, 0.6) is 0 Å². The van der Waals surface area contributed by atoms with Gasteiger partial charge in [-0.25, -0.2) is 0 Å². The van der Waals surface area contributed by atoms with Gasteiger partial charge in [-0.15, -0.1) is 0 Å². The van der Waals surface area contributed by atoms with Crippen molar-refractivity contribution in [2.75, 3.05) is 72.0 Å². The number of amides is 2. The second-order valence-corrected chi connectivity index (χ2v) is 8.99. The Balaban J connectivity index is 4.97. The summed E-state index contributed by atoms with van der Waals surface area (Å²) in [5, 5.41) is 33.2. The predicted molar refractivity (Wildman–Crippen MR) is 137 cm³/mol. The zero-order chi connectivity index (χ0) is 28.1. The molecule has 0 rings (SSSR count). The first kappa shape index (κ1) is 34.2. The number of hydrogen-bond donors (Lipinski definition) is 5. The van der Waals surface area contributed by atoms with Crippen LogP contribution in [0.2, 0.25) is 0 Å². The smallest absolute Gasteiger partial charge is 0.317 e. The van der Waals surface area contributed by atoms with Crippen LogP contribution >= 0.6 is 0 Å². The van der Waals surface area contributed by atoms with Gasteiger partial charge in [0.15, 0.2) is 0 Å². The first-order chi connectivity index (χ1) is 17.6. The lowest BCUT2D eigenvalue weighted by Gasteiger charge is -2.28. The fourth-order valence-electron chi connectivity index (χ4n) is 3.56. The molecule has 0 saturated carbocycles. The van der Waals surface area contributed by atoms with Gasteiger partial charge in [0.2, 0.25) is 11.8 Å². The summed E-state index contributed by atoms with van der Waals surface area (Å²) in [6.45, 7) is 4.25. The third kappa shape index (κ3) is 21.1. The van der Waals surface area contributed by atoms with E-state index in [1.54, 1.807) is 0 Å². The lowest BCUT2D eigenvalue weighted by atomic mass is 10.2. The number of carbonyl (C=O) groups excluding carboxylic acids is 2. The third-order valence-electron chi connectivity index (χ3n) is 5.48. The van der Waals surface area contributed by atoms with Crippen molar-refractivity contribution in [2.45, 2.75) is 52.4 Å². The van der Waals surface area contributed by atoms with Gasteiger partial charge in [0, 0.05) is 39.3 Å². The first-order valence-corrected chi connectivity index (χ1v) is 12.9. The molecule has 0 aliphatic carbocycles. The standard InChI is InChI=1S/C24H45N5O8/c1-3-5-7-9-25-20(30)15-28(18-23(34)35)13-11-27(17-22(32)33)12-14-29(19-24(36)37)16-21(31)26-10-8-6-4-2/h3-19H2,1-2H3,(H,25,30)(H,26,31)(H,32,33)(H,34,35)(H,36,37). The summed E-state index contributed by atoms with van der Waals surface area (Å²) < 4.78 is 0. The molecule has 0 atom stereocenters. The Kier molecular flexibility index (Phi) is 19.7. The van der Waals surface area contributed by atoms with Crippen molar-refractivity contribution in [3.63, 3.8) is 0 Å². The van der Waals surface area contributed by atoms with Crippen LogP contribution in [0.1, 0.15) is 52.4 Å². The van der Waals surface area contributed by atoms with Gasteiger partial charge in [-0.1, -0.05) is 39.5 Å². The van der Waals surface area contributed by atoms with Gasteiger partial charge in [0.1, 0.15) is 0 Å². The Morgan fingerprint density at radius 2 is 0.838 bits per heavy atom. The van der Waals surface area contributed by atoms with Crippen LogP contribution < -0.4 is 10.6 Å². The maximum absolute atomic E-state index is 12.2. The Bertz CT molecular complexity index is 657. The van der Waals surface area contributed by atoms with Crippen molar-refractivity contribution in [3.8, 4) is 0 Å². The number of unbranched alkanes of at least 4 members (excludes halogenated alkanes) is 4. The average Bonchev–Trinajstić information content (AvgIpc) is 2.80. The Hall–Kier alpha value is -2.77. The third-order valence-corrected chi connectivity index (χ3v) is 5.48. The van der Waals surface area contributed by atoms with E-state index in [-0.39, 0.29) is 70.7 Å². The van der Waals surface area contributed by atoms with Crippen LogP contribution in [0, 0.1) is 0 Å². The van der Waals surface area contributed by atoms with E-state index < -0.39 is 17.9 Å². The summed E-state index contributed by atoms with van der Waals surface area (Å²) in [5.41, 5.74) is 0. The van der Waals surface area contributed by atoms with Gasteiger partial charge in [-0.3, -0.25) is 38.7 Å². The van der Waals surface area contributed by atoms with Crippen LogP contribution in [0.4, 0.5) is 0 Å². The topological polar surface area (TPSA) is 180 Å². The molecular weight excluding hydrogens is 486 g/mol. The highest BCUT2D eigenvalue weighted by atomic mass is 16.4. The van der Waals surface area contributed by atoms with Crippen molar-refractivity contribution in [2.24, 2.45) is 0 Å². The van der Waals surface area contributed by atoms with E-state index in [4.69, 9.17) is 0 Å². The largest absolute Gasteiger partial charge is 0.480 e. The summed E-state index contributed by atoms with van der Waals surface area (Å²) in [6.07, 6.45) is 5.63. The molecule has 0 aromatic rings. The Morgan fingerprint density at radius 1 is 0.514 bits per heavy atom. The van der Waals surface area contributed by atoms with Gasteiger partial charge in [0.05, 0.1) is 32.7 Å². The molecule has 214 valence electrons. The summed E-state index contributed by atoms with van der Waals surface area (Å²) in [6, 6.07) is 0. The fraction of sp³-hybridized carbons (Fsp3) is 0.792. The molecule has 37 heavy (non-hydrogen) atoms. The molecule has 5 N–H and O–H groups in total. The Morgan fingerprint density at radius 3 is 1.16 bits per heavy atom. The fourth-order valence-corrected chi connectivity index (χ4v) is 3.56. The number of carboxylic acid groups (broad SMARTS) is 3. The van der Waals surface area contributed by atoms with E-state index in [1.807, 2.05) is 13.8 Å². The molecule has 0 bridgehead atoms. The summed E-state index contributed by atoms with van der Waals surface area (Å²) in [7, 11) is 0. The lowest BCUT2D eigenvalue weighted by molar-refractivity contribution is -0.141. The van der Waals surface area contributed by atoms with E-state index >= 15 is 0 Å². The van der Waals surface area contributed by atoms with E-state index in [0.717, 1.165) is 38.5 Å². The first-order valence-electron chi connectivity index (χ1n) is 12.9. The maximum atomic E-state index is 12.2. The van der Waals surface area contributed by atoms with Gasteiger partial charge in [-0.05, 0) is 12.8 Å². The molecule has 0 radical (unpaired) electrons. The van der Waals surface area contributed by atoms with Crippen molar-refractivity contribution in [3.05, 3.63) is 0 Å². The number of hydrogen-bond acceptors (Lipinski definition) is 8. The zero-order valence-corrected chi connectivity index (χ0v) is 22.2. The molecular formula is C24H45N5O8. The molecule has 0 aliphatic heterocycles. The maximum Gasteiger partial charge on any atom is 0.317 e. The predicted octanol–water partition coefficient (Wildman–Crippen LogP) is -0.241. The van der Waals surface area contributed by atoms with E-state index in [9.17, 15) is 39.3 Å².